The van der Waals surface area contributed by atoms with Crippen molar-refractivity contribution >= 4 is 0 Å². The molecule has 0 aromatic carbocycles. The van der Waals surface area contributed by atoms with Gasteiger partial charge in [0.15, 0.2) is 0 Å². The maximum Gasteiger partial charge on any atom is 0.0654 e. The third-order valence-electron chi connectivity index (χ3n) is 12.4. The van der Waals surface area contributed by atoms with Crippen molar-refractivity contribution in [2.45, 2.75) is 131 Å². The summed E-state index contributed by atoms with van der Waals surface area (Å²) in [4.78, 5) is 0. The van der Waals surface area contributed by atoms with E-state index < -0.39 is 5.60 Å². The first-order valence-corrected chi connectivity index (χ1v) is 13.8. The van der Waals surface area contributed by atoms with Crippen molar-refractivity contribution in [2.75, 3.05) is 0 Å². The largest absolute Gasteiger partial charge is 0.393 e. The summed E-state index contributed by atoms with van der Waals surface area (Å²) in [6, 6.07) is 0. The molecule has 0 heterocycles. The highest BCUT2D eigenvalue weighted by Gasteiger charge is 2.71. The van der Waals surface area contributed by atoms with Crippen LogP contribution >= 0.6 is 0 Å². The fourth-order valence-corrected chi connectivity index (χ4v) is 10.3. The van der Waals surface area contributed by atoms with E-state index in [2.05, 4.69) is 54.5 Å². The van der Waals surface area contributed by atoms with Crippen LogP contribution in [0.25, 0.3) is 0 Å². The van der Waals surface area contributed by atoms with E-state index in [1.165, 1.54) is 18.4 Å². The Morgan fingerprint density at radius 2 is 1.55 bits per heavy atom. The maximum absolute atomic E-state index is 11.8. The summed E-state index contributed by atoms with van der Waals surface area (Å²) in [6.45, 7) is 18.3. The normalized spacial score (nSPS) is 50.5. The molecule has 0 bridgehead atoms. The highest BCUT2D eigenvalue weighted by molar-refractivity contribution is 5.20. The van der Waals surface area contributed by atoms with Gasteiger partial charge >= 0.3 is 0 Å². The summed E-state index contributed by atoms with van der Waals surface area (Å²) < 4.78 is 0. The molecule has 4 aliphatic carbocycles. The number of hydrogen-bond donors (Lipinski definition) is 3. The summed E-state index contributed by atoms with van der Waals surface area (Å²) in [5.74, 6) is 1.31. The predicted molar refractivity (Wildman–Crippen MR) is 136 cm³/mol. The minimum Gasteiger partial charge on any atom is -0.393 e. The second-order valence-electron chi connectivity index (χ2n) is 14.5. The van der Waals surface area contributed by atoms with Crippen LogP contribution in [0.4, 0.5) is 0 Å². The van der Waals surface area contributed by atoms with Crippen molar-refractivity contribution in [3.8, 4) is 0 Å². The second-order valence-corrected chi connectivity index (χ2v) is 14.5. The molecule has 4 saturated carbocycles. The van der Waals surface area contributed by atoms with Gasteiger partial charge in [-0.15, -0.1) is 0 Å². The molecule has 6 unspecified atom stereocenters. The summed E-state index contributed by atoms with van der Waals surface area (Å²) in [5.41, 5.74) is 0.885. The predicted octanol–water partition coefficient (Wildman–Crippen LogP) is 6.50. The van der Waals surface area contributed by atoms with Crippen LogP contribution in [0.2, 0.25) is 0 Å². The van der Waals surface area contributed by atoms with Crippen molar-refractivity contribution < 1.29 is 15.3 Å². The van der Waals surface area contributed by atoms with Crippen LogP contribution in [0.3, 0.4) is 0 Å². The first kappa shape index (κ1) is 25.7. The number of hydrogen-bond acceptors (Lipinski definition) is 3. The van der Waals surface area contributed by atoms with Gasteiger partial charge in [-0.25, -0.2) is 0 Å². The Labute approximate surface area is 203 Å². The molecule has 0 aromatic heterocycles. The highest BCUT2D eigenvalue weighted by atomic mass is 16.3. The van der Waals surface area contributed by atoms with Gasteiger partial charge in [-0.3, -0.25) is 0 Å². The van der Waals surface area contributed by atoms with Gasteiger partial charge in [0.25, 0.3) is 0 Å². The Hall–Kier alpha value is -0.380. The fourth-order valence-electron chi connectivity index (χ4n) is 10.3. The molecular weight excluding hydrogens is 408 g/mol. The van der Waals surface area contributed by atoms with E-state index in [4.69, 9.17) is 0 Å². The molecule has 0 spiro atoms. The van der Waals surface area contributed by atoms with Crippen molar-refractivity contribution in [2.24, 2.45) is 45.3 Å². The van der Waals surface area contributed by atoms with Gasteiger partial charge in [0.1, 0.15) is 0 Å². The van der Waals surface area contributed by atoms with E-state index in [1.807, 2.05) is 6.92 Å². The van der Waals surface area contributed by atoms with Gasteiger partial charge in [-0.1, -0.05) is 46.3 Å². The van der Waals surface area contributed by atoms with Crippen LogP contribution in [-0.4, -0.2) is 33.1 Å². The third-order valence-corrected chi connectivity index (χ3v) is 12.4. The number of fused-ring (bicyclic) bond motifs is 5. The molecule has 3 heteroatoms. The molecule has 0 amide bonds. The van der Waals surface area contributed by atoms with Crippen LogP contribution in [0.15, 0.2) is 11.6 Å². The lowest BCUT2D eigenvalue weighted by Gasteiger charge is -2.70. The summed E-state index contributed by atoms with van der Waals surface area (Å²) in [6.07, 6.45) is 10.6. The van der Waals surface area contributed by atoms with Gasteiger partial charge in [0, 0.05) is 0 Å². The molecule has 0 saturated heterocycles. The zero-order valence-corrected chi connectivity index (χ0v) is 22.7. The number of aliphatic hydroxyl groups is 3. The average Bonchev–Trinajstić information content (AvgIpc) is 3.08. The van der Waals surface area contributed by atoms with Crippen LogP contribution in [-0.2, 0) is 0 Å². The van der Waals surface area contributed by atoms with E-state index >= 15 is 0 Å². The van der Waals surface area contributed by atoms with Gasteiger partial charge in [0.2, 0.25) is 0 Å². The van der Waals surface area contributed by atoms with E-state index in [-0.39, 0.29) is 45.7 Å². The zero-order valence-electron chi connectivity index (χ0n) is 22.7. The molecule has 4 rings (SSSR count). The molecular formula is C30H52O3. The lowest BCUT2D eigenvalue weighted by Crippen LogP contribution is -2.66. The van der Waals surface area contributed by atoms with Crippen molar-refractivity contribution in [3.63, 3.8) is 0 Å². The number of rotatable bonds is 4. The fraction of sp³-hybridized carbons (Fsp3) is 0.933. The SMILES string of the molecule is CC(C)=CCCC(C)(O)C1CC[C@]2(C)C1[C@H](O)CC1[C@@]3(C)CCC(O)C(C)(C)C3CC[C@]12C. The van der Waals surface area contributed by atoms with Crippen LogP contribution in [0.5, 0.6) is 0 Å². The Morgan fingerprint density at radius 3 is 2.18 bits per heavy atom. The monoisotopic (exact) mass is 460 g/mol. The standard InChI is InChI=1S/C30H52O3/c1-19(2)10-9-14-30(8,33)20-11-16-29(7)25(20)21(31)18-23-27(5)15-13-24(32)26(3,4)22(27)12-17-28(23,29)6/h10,20-25,31-33H,9,11-18H2,1-8H3/t20?,21-,22?,23?,24?,25?,27+,28-,29-,30?/m1/s1. The lowest BCUT2D eigenvalue weighted by atomic mass is 9.35. The molecule has 4 fully saturated rings. The van der Waals surface area contributed by atoms with Crippen molar-refractivity contribution in [1.82, 2.24) is 0 Å². The first-order chi connectivity index (χ1) is 15.1. The van der Waals surface area contributed by atoms with Crippen LogP contribution in [0, 0.1) is 45.3 Å². The molecule has 3 N–H and O–H groups in total. The lowest BCUT2D eigenvalue weighted by molar-refractivity contribution is -0.246. The maximum atomic E-state index is 11.8. The smallest absolute Gasteiger partial charge is 0.0654 e. The Morgan fingerprint density at radius 1 is 0.909 bits per heavy atom. The Balaban J connectivity index is 1.66. The number of allylic oxidation sites excluding steroid dienone is 2. The Kier molecular flexibility index (Phi) is 6.28. The first-order valence-electron chi connectivity index (χ1n) is 13.8. The van der Waals surface area contributed by atoms with Crippen LogP contribution in [0.1, 0.15) is 113 Å². The average molecular weight is 461 g/mol. The van der Waals surface area contributed by atoms with E-state index in [0.717, 1.165) is 44.9 Å². The third kappa shape index (κ3) is 3.61. The molecule has 190 valence electrons. The van der Waals surface area contributed by atoms with Crippen molar-refractivity contribution in [1.29, 1.82) is 0 Å². The molecule has 10 atom stereocenters. The number of aliphatic hydroxyl groups excluding tert-OH is 2. The quantitative estimate of drug-likeness (QED) is 0.420. The summed E-state index contributed by atoms with van der Waals surface area (Å²) >= 11 is 0. The summed E-state index contributed by atoms with van der Waals surface area (Å²) in [5, 5.41) is 34.3. The Bertz CT molecular complexity index is 779. The van der Waals surface area contributed by atoms with Gasteiger partial charge in [-0.05, 0) is 124 Å². The molecule has 0 radical (unpaired) electrons. The van der Waals surface area contributed by atoms with Crippen LogP contribution < -0.4 is 0 Å². The van der Waals surface area contributed by atoms with E-state index in [0.29, 0.717) is 11.8 Å². The molecule has 33 heavy (non-hydrogen) atoms. The molecule has 0 aliphatic heterocycles. The van der Waals surface area contributed by atoms with Gasteiger partial charge in [-0.2, -0.15) is 0 Å². The van der Waals surface area contributed by atoms with Gasteiger partial charge in [0.05, 0.1) is 17.8 Å². The minimum absolute atomic E-state index is 0.0503. The van der Waals surface area contributed by atoms with Crippen molar-refractivity contribution in [3.05, 3.63) is 11.6 Å². The van der Waals surface area contributed by atoms with E-state index in [9.17, 15) is 15.3 Å². The highest BCUT2D eigenvalue weighted by Crippen LogP contribution is 2.75. The van der Waals surface area contributed by atoms with Gasteiger partial charge < -0.3 is 15.3 Å². The van der Waals surface area contributed by atoms with E-state index in [1.54, 1.807) is 0 Å². The zero-order chi connectivity index (χ0) is 24.6. The second kappa shape index (κ2) is 8.07. The summed E-state index contributed by atoms with van der Waals surface area (Å²) in [7, 11) is 0. The molecule has 3 nitrogen and oxygen atoms in total. The minimum atomic E-state index is -0.739. The molecule has 0 aromatic rings. The topological polar surface area (TPSA) is 60.7 Å². The molecule has 4 aliphatic rings.